The summed E-state index contributed by atoms with van der Waals surface area (Å²) in [5, 5.41) is 12.3. The Morgan fingerprint density at radius 2 is 2.05 bits per heavy atom. The molecule has 1 fully saturated rings. The van der Waals surface area contributed by atoms with Crippen LogP contribution >= 0.6 is 0 Å². The van der Waals surface area contributed by atoms with Crippen LogP contribution in [0.5, 0.6) is 5.75 Å². The number of nitrogens with one attached hydrogen (secondary N) is 1. The van der Waals surface area contributed by atoms with Crippen LogP contribution in [0.3, 0.4) is 0 Å². The molecule has 2 unspecified atom stereocenters. The summed E-state index contributed by atoms with van der Waals surface area (Å²) in [6, 6.07) is 6.43. The molecule has 0 amide bonds. The van der Waals surface area contributed by atoms with Gasteiger partial charge in [0.2, 0.25) is 0 Å². The van der Waals surface area contributed by atoms with Crippen molar-refractivity contribution in [2.75, 3.05) is 6.54 Å². The minimum absolute atomic E-state index is 0.135. The third-order valence-corrected chi connectivity index (χ3v) is 3.86. The fourth-order valence-corrected chi connectivity index (χ4v) is 2.80. The van der Waals surface area contributed by atoms with Gasteiger partial charge in [0.1, 0.15) is 5.75 Å². The predicted molar refractivity (Wildman–Crippen MR) is 73.2 cm³/mol. The number of rotatable bonds is 7. The highest BCUT2D eigenvalue weighted by atomic mass is 19.3. The number of hydrogen-bond donors (Lipinski definition) is 2. The van der Waals surface area contributed by atoms with Gasteiger partial charge in [-0.2, -0.15) is 8.78 Å². The predicted octanol–water partition coefficient (Wildman–Crippen LogP) is 2.88. The average Bonchev–Trinajstić information content (AvgIpc) is 2.89. The maximum absolute atomic E-state index is 12.0. The first-order valence-electron chi connectivity index (χ1n) is 7.03. The summed E-state index contributed by atoms with van der Waals surface area (Å²) < 4.78 is 28.3. The minimum atomic E-state index is -2.82. The Bertz CT molecular complexity index is 464. The molecule has 1 aliphatic carbocycles. The first kappa shape index (κ1) is 15.7. The van der Waals surface area contributed by atoms with Crippen LogP contribution in [0.2, 0.25) is 0 Å². The van der Waals surface area contributed by atoms with E-state index in [-0.39, 0.29) is 17.6 Å². The Morgan fingerprint density at radius 3 is 2.67 bits per heavy atom. The fourth-order valence-electron chi connectivity index (χ4n) is 2.80. The van der Waals surface area contributed by atoms with Gasteiger partial charge in [0.15, 0.2) is 0 Å². The fraction of sp³-hybridized carbons (Fsp3) is 0.533. The lowest BCUT2D eigenvalue weighted by Gasteiger charge is -2.16. The van der Waals surface area contributed by atoms with Crippen LogP contribution in [0.1, 0.15) is 24.8 Å². The molecule has 2 N–H and O–H groups in total. The minimum Gasteiger partial charge on any atom is -0.481 e. The van der Waals surface area contributed by atoms with Crippen LogP contribution in [0.15, 0.2) is 24.3 Å². The van der Waals surface area contributed by atoms with Crippen molar-refractivity contribution in [2.24, 2.45) is 11.8 Å². The zero-order valence-electron chi connectivity index (χ0n) is 11.6. The topological polar surface area (TPSA) is 58.6 Å². The van der Waals surface area contributed by atoms with Crippen molar-refractivity contribution in [3.63, 3.8) is 0 Å². The molecule has 6 heteroatoms. The second kappa shape index (κ2) is 7.36. The van der Waals surface area contributed by atoms with Crippen molar-refractivity contribution < 1.29 is 23.4 Å². The molecule has 0 radical (unpaired) electrons. The molecule has 0 bridgehead atoms. The summed E-state index contributed by atoms with van der Waals surface area (Å²) in [7, 11) is 0. The van der Waals surface area contributed by atoms with Gasteiger partial charge in [-0.25, -0.2) is 0 Å². The zero-order chi connectivity index (χ0) is 15.2. The van der Waals surface area contributed by atoms with Gasteiger partial charge in [0.05, 0.1) is 5.92 Å². The molecule has 2 rings (SSSR count). The number of carboxylic acid groups (broad SMARTS) is 1. The van der Waals surface area contributed by atoms with Gasteiger partial charge in [0, 0.05) is 6.54 Å². The number of alkyl halides is 2. The van der Waals surface area contributed by atoms with Gasteiger partial charge in [-0.05, 0) is 43.0 Å². The van der Waals surface area contributed by atoms with Crippen LogP contribution in [0, 0.1) is 11.8 Å². The third kappa shape index (κ3) is 4.67. The van der Waals surface area contributed by atoms with Gasteiger partial charge >= 0.3 is 12.6 Å². The highest BCUT2D eigenvalue weighted by Gasteiger charge is 2.32. The number of ether oxygens (including phenoxy) is 1. The van der Waals surface area contributed by atoms with E-state index in [0.717, 1.165) is 24.8 Å². The van der Waals surface area contributed by atoms with Crippen LogP contribution in [0.25, 0.3) is 0 Å². The summed E-state index contributed by atoms with van der Waals surface area (Å²) in [5.74, 6) is -0.661. The highest BCUT2D eigenvalue weighted by molar-refractivity contribution is 5.70. The first-order valence-corrected chi connectivity index (χ1v) is 7.03. The van der Waals surface area contributed by atoms with Crippen LogP contribution in [-0.2, 0) is 11.3 Å². The lowest BCUT2D eigenvalue weighted by Crippen LogP contribution is -2.28. The number of halogens is 2. The smallest absolute Gasteiger partial charge is 0.387 e. The van der Waals surface area contributed by atoms with Gasteiger partial charge < -0.3 is 15.2 Å². The molecule has 1 aromatic rings. The second-order valence-corrected chi connectivity index (χ2v) is 5.29. The van der Waals surface area contributed by atoms with Crippen molar-refractivity contribution in [2.45, 2.75) is 32.4 Å². The molecule has 4 nitrogen and oxygen atoms in total. The van der Waals surface area contributed by atoms with E-state index in [1.54, 1.807) is 12.1 Å². The monoisotopic (exact) mass is 299 g/mol. The molecule has 1 saturated carbocycles. The number of carbonyl (C=O) groups is 1. The Balaban J connectivity index is 1.77. The van der Waals surface area contributed by atoms with Crippen molar-refractivity contribution in [1.82, 2.24) is 5.32 Å². The van der Waals surface area contributed by atoms with Crippen molar-refractivity contribution in [1.29, 1.82) is 0 Å². The molecular formula is C15H19F2NO3. The highest BCUT2D eigenvalue weighted by Crippen LogP contribution is 2.31. The number of aliphatic carboxylic acids is 1. The van der Waals surface area contributed by atoms with E-state index in [4.69, 9.17) is 5.11 Å². The van der Waals surface area contributed by atoms with E-state index in [1.807, 2.05) is 0 Å². The van der Waals surface area contributed by atoms with E-state index in [2.05, 4.69) is 10.1 Å². The maximum Gasteiger partial charge on any atom is 0.387 e. The third-order valence-electron chi connectivity index (χ3n) is 3.86. The van der Waals surface area contributed by atoms with Gasteiger partial charge in [0.25, 0.3) is 0 Å². The quantitative estimate of drug-likeness (QED) is 0.813. The summed E-state index contributed by atoms with van der Waals surface area (Å²) in [4.78, 5) is 11.1. The summed E-state index contributed by atoms with van der Waals surface area (Å²) in [6.07, 6.45) is 2.65. The first-order chi connectivity index (χ1) is 10.1. The van der Waals surface area contributed by atoms with E-state index in [0.29, 0.717) is 13.1 Å². The zero-order valence-corrected chi connectivity index (χ0v) is 11.6. The molecule has 0 aliphatic heterocycles. The second-order valence-electron chi connectivity index (χ2n) is 5.29. The van der Waals surface area contributed by atoms with Crippen LogP contribution in [0.4, 0.5) is 8.78 Å². The molecule has 0 aromatic heterocycles. The molecule has 0 spiro atoms. The Hall–Kier alpha value is -1.69. The number of carboxylic acids is 1. The summed E-state index contributed by atoms with van der Waals surface area (Å²) in [5.41, 5.74) is 0.946. The summed E-state index contributed by atoms with van der Waals surface area (Å²) in [6.45, 7) is -1.58. The van der Waals surface area contributed by atoms with Gasteiger partial charge in [-0.15, -0.1) is 0 Å². The summed E-state index contributed by atoms with van der Waals surface area (Å²) >= 11 is 0. The van der Waals surface area contributed by atoms with E-state index < -0.39 is 12.6 Å². The van der Waals surface area contributed by atoms with Crippen molar-refractivity contribution in [3.8, 4) is 5.75 Å². The van der Waals surface area contributed by atoms with E-state index >= 15 is 0 Å². The van der Waals surface area contributed by atoms with E-state index in [1.165, 1.54) is 12.1 Å². The lowest BCUT2D eigenvalue weighted by atomic mass is 9.96. The number of benzene rings is 1. The molecule has 116 valence electrons. The standard InChI is InChI=1S/C15H19F2NO3/c16-15(17)21-12-6-4-10(5-7-12)8-18-9-11-2-1-3-13(11)14(19)20/h4-7,11,13,15,18H,1-3,8-9H2,(H,19,20). The van der Waals surface area contributed by atoms with Crippen LogP contribution in [-0.4, -0.2) is 24.2 Å². The van der Waals surface area contributed by atoms with Crippen molar-refractivity contribution in [3.05, 3.63) is 29.8 Å². The molecule has 2 atom stereocenters. The number of hydrogen-bond acceptors (Lipinski definition) is 3. The molecule has 1 aliphatic rings. The molecule has 21 heavy (non-hydrogen) atoms. The van der Waals surface area contributed by atoms with Crippen LogP contribution < -0.4 is 10.1 Å². The molecular weight excluding hydrogens is 280 g/mol. The normalized spacial score (nSPS) is 21.7. The molecule has 0 saturated heterocycles. The SMILES string of the molecule is O=C(O)C1CCCC1CNCc1ccc(OC(F)F)cc1. The average molecular weight is 299 g/mol. The maximum atomic E-state index is 12.0. The van der Waals surface area contributed by atoms with Gasteiger partial charge in [-0.3, -0.25) is 4.79 Å². The van der Waals surface area contributed by atoms with E-state index in [9.17, 15) is 13.6 Å². The molecule has 1 aromatic carbocycles. The Kier molecular flexibility index (Phi) is 5.50. The molecule has 0 heterocycles. The Labute approximate surface area is 122 Å². The van der Waals surface area contributed by atoms with Crippen molar-refractivity contribution >= 4 is 5.97 Å². The largest absolute Gasteiger partial charge is 0.481 e. The van der Waals surface area contributed by atoms with Gasteiger partial charge in [-0.1, -0.05) is 18.6 Å². The Morgan fingerprint density at radius 1 is 1.33 bits per heavy atom. The lowest BCUT2D eigenvalue weighted by molar-refractivity contribution is -0.142.